The Labute approximate surface area is 193 Å². The van der Waals surface area contributed by atoms with E-state index in [1.54, 1.807) is 25.6 Å². The normalized spacial score (nSPS) is 20.5. The van der Waals surface area contributed by atoms with E-state index in [1.165, 1.54) is 16.7 Å². The predicted octanol–water partition coefficient (Wildman–Crippen LogP) is 0.112. The summed E-state index contributed by atoms with van der Waals surface area (Å²) in [6, 6.07) is 4.58. The maximum atomic E-state index is 2.50. The molecule has 128 valence electrons. The molecule has 0 spiro atoms. The van der Waals surface area contributed by atoms with Crippen molar-refractivity contribution in [2.45, 2.75) is 52.1 Å². The molecule has 0 heterocycles. The van der Waals surface area contributed by atoms with Crippen LogP contribution < -0.4 is 48.0 Å². The van der Waals surface area contributed by atoms with Crippen molar-refractivity contribution in [3.05, 3.63) is 60.5 Å². The topological polar surface area (TPSA) is 0 Å². The summed E-state index contributed by atoms with van der Waals surface area (Å²) in [6.45, 7) is 16.4. The fraction of sp³-hybridized carbons (Fsp3) is 0.429. The van der Waals surface area contributed by atoms with Gasteiger partial charge < -0.3 is 48.0 Å². The van der Waals surface area contributed by atoms with Crippen molar-refractivity contribution in [3.63, 3.8) is 0 Å². The second kappa shape index (κ2) is 8.21. The minimum atomic E-state index is -0.682. The van der Waals surface area contributed by atoms with Gasteiger partial charge in [0.05, 0.1) is 0 Å². The molecule has 0 aromatic heterocycles. The van der Waals surface area contributed by atoms with Crippen LogP contribution in [-0.2, 0) is 23.2 Å². The third-order valence-corrected chi connectivity index (χ3v) is 11.0. The number of hydrogen-bond donors (Lipinski definition) is 0. The Kier molecular flexibility index (Phi) is 7.81. The largest absolute Gasteiger partial charge is 1.00 e. The van der Waals surface area contributed by atoms with Crippen LogP contribution in [0.3, 0.4) is 0 Å². The molecule has 0 fully saturated rings. The van der Waals surface area contributed by atoms with E-state index < -0.39 is 23.2 Å². The molecule has 2 aliphatic carbocycles. The Morgan fingerprint density at radius 3 is 2.00 bits per heavy atom. The first kappa shape index (κ1) is 22.8. The summed E-state index contributed by atoms with van der Waals surface area (Å²) in [5.74, 6) is 0. The summed E-state index contributed by atoms with van der Waals surface area (Å²) in [5, 5.41) is 0. The summed E-state index contributed by atoms with van der Waals surface area (Å²) < 4.78 is 2.51. The van der Waals surface area contributed by atoms with Crippen molar-refractivity contribution in [2.75, 3.05) is 0 Å². The Morgan fingerprint density at radius 1 is 0.875 bits per heavy atom. The molecule has 0 amide bonds. The number of allylic oxidation sites excluding steroid dienone is 5. The number of benzene rings is 1. The summed E-state index contributed by atoms with van der Waals surface area (Å²) in [6.07, 6.45) is 4.88. The molecular formula is C21H26I2Zr. The van der Waals surface area contributed by atoms with Crippen LogP contribution in [0.1, 0.15) is 60.5 Å². The minimum Gasteiger partial charge on any atom is -1.00 e. The van der Waals surface area contributed by atoms with Gasteiger partial charge in [-0.15, -0.1) is 0 Å². The molecule has 24 heavy (non-hydrogen) atoms. The molecule has 3 rings (SSSR count). The second-order valence-corrected chi connectivity index (χ2v) is 10.9. The summed E-state index contributed by atoms with van der Waals surface area (Å²) in [7, 11) is 0. The van der Waals surface area contributed by atoms with Crippen LogP contribution in [0.5, 0.6) is 0 Å². The van der Waals surface area contributed by atoms with Gasteiger partial charge in [0.15, 0.2) is 0 Å². The van der Waals surface area contributed by atoms with Gasteiger partial charge in [-0.3, -0.25) is 0 Å². The maximum Gasteiger partial charge on any atom is -1.00 e. The van der Waals surface area contributed by atoms with Crippen molar-refractivity contribution in [2.24, 2.45) is 5.41 Å². The van der Waals surface area contributed by atoms with Gasteiger partial charge >= 0.3 is 147 Å². The first-order chi connectivity index (χ1) is 10.2. The molecule has 1 aromatic carbocycles. The number of fused-ring (bicyclic) bond motifs is 1. The van der Waals surface area contributed by atoms with Crippen LogP contribution in [0.15, 0.2) is 38.2 Å². The van der Waals surface area contributed by atoms with Gasteiger partial charge in [-0.1, -0.05) is 0 Å². The van der Waals surface area contributed by atoms with E-state index in [1.807, 2.05) is 0 Å². The van der Waals surface area contributed by atoms with Gasteiger partial charge in [0.25, 0.3) is 0 Å². The molecule has 0 saturated heterocycles. The van der Waals surface area contributed by atoms with Crippen molar-refractivity contribution in [1.82, 2.24) is 0 Å². The maximum absolute atomic E-state index is 2.50. The third-order valence-electron chi connectivity index (χ3n) is 5.85. The SMILES string of the molecule is CC1=C(C)C(C)(C)[C]([Zr+2][CH]2C=Cc3c(C)ccc(C)c32)=C1C.[I-].[I-]. The Morgan fingerprint density at radius 2 is 1.46 bits per heavy atom. The molecule has 1 unspecified atom stereocenters. The first-order valence-corrected chi connectivity index (χ1v) is 10.8. The van der Waals surface area contributed by atoms with Crippen LogP contribution in [0.4, 0.5) is 0 Å². The number of rotatable bonds is 2. The van der Waals surface area contributed by atoms with E-state index in [9.17, 15) is 0 Å². The van der Waals surface area contributed by atoms with Crippen molar-refractivity contribution >= 4 is 6.08 Å². The summed E-state index contributed by atoms with van der Waals surface area (Å²) in [5.41, 5.74) is 11.1. The molecule has 3 heteroatoms. The van der Waals surface area contributed by atoms with Crippen molar-refractivity contribution in [3.8, 4) is 0 Å². The summed E-state index contributed by atoms with van der Waals surface area (Å²) >= 11 is -0.682. The van der Waals surface area contributed by atoms with Gasteiger partial charge in [-0.05, 0) is 0 Å². The van der Waals surface area contributed by atoms with E-state index in [0.717, 1.165) is 0 Å². The molecule has 0 saturated carbocycles. The van der Waals surface area contributed by atoms with E-state index in [0.29, 0.717) is 3.63 Å². The quantitative estimate of drug-likeness (QED) is 0.411. The Bertz CT molecular complexity index is 751. The van der Waals surface area contributed by atoms with E-state index in [4.69, 9.17) is 0 Å². The predicted molar refractivity (Wildman–Crippen MR) is 92.5 cm³/mol. The van der Waals surface area contributed by atoms with Crippen LogP contribution in [0.25, 0.3) is 6.08 Å². The number of aryl methyl sites for hydroxylation is 2. The molecule has 1 atom stereocenters. The van der Waals surface area contributed by atoms with Crippen molar-refractivity contribution < 1.29 is 71.2 Å². The minimum absolute atomic E-state index is 0. The Hall–Kier alpha value is 0.783. The van der Waals surface area contributed by atoms with Crippen molar-refractivity contribution in [1.29, 1.82) is 0 Å². The molecule has 1 aromatic rings. The van der Waals surface area contributed by atoms with E-state index in [2.05, 4.69) is 72.8 Å². The average Bonchev–Trinajstić information content (AvgIpc) is 2.95. The first-order valence-electron chi connectivity index (χ1n) is 8.19. The van der Waals surface area contributed by atoms with E-state index in [-0.39, 0.29) is 53.4 Å². The molecule has 0 aliphatic heterocycles. The fourth-order valence-electron chi connectivity index (χ4n) is 3.94. The summed E-state index contributed by atoms with van der Waals surface area (Å²) in [4.78, 5) is 0. The van der Waals surface area contributed by atoms with Gasteiger partial charge in [-0.25, -0.2) is 0 Å². The molecule has 0 nitrogen and oxygen atoms in total. The van der Waals surface area contributed by atoms with Gasteiger partial charge in [0, 0.05) is 0 Å². The van der Waals surface area contributed by atoms with Crippen LogP contribution in [0, 0.1) is 19.3 Å². The fourth-order valence-corrected chi connectivity index (χ4v) is 8.81. The standard InChI is InChI=1S/C11H11.C10H15.2HI.Zr/c1-8-6-7-9(2)11-5-3-4-10(8)11;1-7-6-10(4,5)9(3)8(7)2;;;/h3-7H,1-2H3;1-5H3;2*1H;/q;;;;+2/p-2. The van der Waals surface area contributed by atoms with Gasteiger partial charge in [-0.2, -0.15) is 0 Å². The number of hydrogen-bond acceptors (Lipinski definition) is 0. The number of halogens is 2. The monoisotopic (exact) mass is 622 g/mol. The zero-order chi connectivity index (χ0) is 16.2. The molecule has 0 bridgehead atoms. The zero-order valence-corrected chi connectivity index (χ0v) is 22.4. The average molecular weight is 623 g/mol. The van der Waals surface area contributed by atoms with Crippen LogP contribution in [-0.4, -0.2) is 0 Å². The molecule has 0 radical (unpaired) electrons. The van der Waals surface area contributed by atoms with Crippen LogP contribution in [0.2, 0.25) is 0 Å². The zero-order valence-electron chi connectivity index (χ0n) is 15.6. The van der Waals surface area contributed by atoms with E-state index >= 15 is 0 Å². The van der Waals surface area contributed by atoms with Gasteiger partial charge in [0.2, 0.25) is 0 Å². The smallest absolute Gasteiger partial charge is 1.00 e. The molecule has 2 aliphatic rings. The second-order valence-electron chi connectivity index (χ2n) is 7.38. The molecular weight excluding hydrogens is 597 g/mol. The molecule has 0 N–H and O–H groups in total. The van der Waals surface area contributed by atoms with Crippen LogP contribution >= 0.6 is 0 Å². The third kappa shape index (κ3) is 3.60. The Balaban J connectivity index is 0.00000144. The van der Waals surface area contributed by atoms with Gasteiger partial charge in [0.1, 0.15) is 0 Å².